The third-order valence-electron chi connectivity index (χ3n) is 2.92. The zero-order valence-corrected chi connectivity index (χ0v) is 10.1. The predicted molar refractivity (Wildman–Crippen MR) is 70.2 cm³/mol. The summed E-state index contributed by atoms with van der Waals surface area (Å²) in [5, 5.41) is 20.6. The summed E-state index contributed by atoms with van der Waals surface area (Å²) < 4.78 is 1.58. The van der Waals surface area contributed by atoms with Crippen molar-refractivity contribution in [1.82, 2.24) is 14.5 Å². The summed E-state index contributed by atoms with van der Waals surface area (Å²) in [6.45, 7) is 0. The lowest BCUT2D eigenvalue weighted by molar-refractivity contribution is -0.383. The fourth-order valence-corrected chi connectivity index (χ4v) is 2.08. The molecule has 0 radical (unpaired) electrons. The van der Waals surface area contributed by atoms with Gasteiger partial charge >= 0.3 is 0 Å². The maximum atomic E-state index is 11.0. The number of imidazole rings is 1. The molecular weight excluding hydrogens is 258 g/mol. The first-order chi connectivity index (χ1) is 9.72. The van der Waals surface area contributed by atoms with Gasteiger partial charge < -0.3 is 0 Å². The van der Waals surface area contributed by atoms with Crippen LogP contribution in [0, 0.1) is 21.4 Å². The fraction of sp³-hybridized carbons (Fsp3) is 0. The van der Waals surface area contributed by atoms with E-state index in [1.807, 2.05) is 6.07 Å². The van der Waals surface area contributed by atoms with Gasteiger partial charge in [-0.3, -0.25) is 14.7 Å². The Morgan fingerprint density at radius 1 is 1.25 bits per heavy atom. The molecule has 0 N–H and O–H groups in total. The topological polar surface area (TPSA) is 97.6 Å². The van der Waals surface area contributed by atoms with Crippen LogP contribution in [-0.4, -0.2) is 19.5 Å². The van der Waals surface area contributed by atoms with Crippen molar-refractivity contribution >= 4 is 16.6 Å². The van der Waals surface area contributed by atoms with Crippen LogP contribution in [0.15, 0.2) is 42.9 Å². The van der Waals surface area contributed by atoms with Crippen molar-refractivity contribution in [2.75, 3.05) is 0 Å². The maximum absolute atomic E-state index is 11.0. The van der Waals surface area contributed by atoms with Crippen LogP contribution >= 0.6 is 0 Å². The van der Waals surface area contributed by atoms with Crippen molar-refractivity contribution in [3.8, 4) is 11.8 Å². The van der Waals surface area contributed by atoms with E-state index < -0.39 is 4.92 Å². The van der Waals surface area contributed by atoms with Gasteiger partial charge in [0.25, 0.3) is 5.69 Å². The Morgan fingerprint density at radius 2 is 2.10 bits per heavy atom. The Bertz CT molecular complexity index is 863. The number of rotatable bonds is 2. The van der Waals surface area contributed by atoms with Gasteiger partial charge in [-0.15, -0.1) is 0 Å². The van der Waals surface area contributed by atoms with Gasteiger partial charge in [-0.05, 0) is 18.2 Å². The molecule has 7 nitrogen and oxygen atoms in total. The highest BCUT2D eigenvalue weighted by Crippen LogP contribution is 2.29. The number of nitriles is 1. The minimum absolute atomic E-state index is 0.0667. The van der Waals surface area contributed by atoms with Crippen LogP contribution < -0.4 is 0 Å². The Balaban J connectivity index is 2.37. The van der Waals surface area contributed by atoms with E-state index in [1.165, 1.54) is 18.5 Å². The van der Waals surface area contributed by atoms with Crippen LogP contribution in [0.4, 0.5) is 5.69 Å². The Morgan fingerprint density at radius 3 is 2.85 bits per heavy atom. The summed E-state index contributed by atoms with van der Waals surface area (Å²) in [4.78, 5) is 18.5. The summed E-state index contributed by atoms with van der Waals surface area (Å²) in [7, 11) is 0. The third-order valence-corrected chi connectivity index (χ3v) is 2.92. The van der Waals surface area contributed by atoms with Gasteiger partial charge in [-0.2, -0.15) is 5.26 Å². The second-order valence-electron chi connectivity index (χ2n) is 3.99. The first kappa shape index (κ1) is 11.8. The van der Waals surface area contributed by atoms with Crippen LogP contribution in [0.3, 0.4) is 0 Å². The third kappa shape index (κ3) is 1.67. The number of hydrogen-bond acceptors (Lipinski definition) is 5. The number of non-ortho nitro benzene ring substituents is 1. The van der Waals surface area contributed by atoms with E-state index in [-0.39, 0.29) is 17.0 Å². The van der Waals surface area contributed by atoms with Crippen molar-refractivity contribution < 1.29 is 4.92 Å². The molecule has 0 amide bonds. The van der Waals surface area contributed by atoms with E-state index in [2.05, 4.69) is 9.97 Å². The number of nitro benzene ring substituents is 1. The number of hydrogen-bond donors (Lipinski definition) is 0. The molecule has 0 fully saturated rings. The lowest BCUT2D eigenvalue weighted by Crippen LogP contribution is -2.00. The average Bonchev–Trinajstić information content (AvgIpc) is 2.94. The molecule has 7 heteroatoms. The molecule has 3 rings (SSSR count). The largest absolute Gasteiger partial charge is 0.295 e. The second-order valence-corrected chi connectivity index (χ2v) is 3.99. The number of aromatic nitrogens is 3. The Labute approximate surface area is 112 Å². The normalized spacial score (nSPS) is 10.3. The van der Waals surface area contributed by atoms with Crippen molar-refractivity contribution in [2.45, 2.75) is 0 Å². The van der Waals surface area contributed by atoms with Gasteiger partial charge in [0.05, 0.1) is 10.6 Å². The zero-order valence-electron chi connectivity index (χ0n) is 10.1. The van der Waals surface area contributed by atoms with E-state index in [0.717, 1.165) is 0 Å². The molecule has 3 aromatic rings. The summed E-state index contributed by atoms with van der Waals surface area (Å²) >= 11 is 0. The van der Waals surface area contributed by atoms with E-state index in [4.69, 9.17) is 5.26 Å². The Kier molecular flexibility index (Phi) is 2.62. The molecule has 0 saturated carbocycles. The van der Waals surface area contributed by atoms with Crippen molar-refractivity contribution in [3.63, 3.8) is 0 Å². The van der Waals surface area contributed by atoms with E-state index >= 15 is 0 Å². The molecule has 96 valence electrons. The number of pyridine rings is 1. The molecule has 0 aliphatic heterocycles. The van der Waals surface area contributed by atoms with Gasteiger partial charge in [-0.25, -0.2) is 9.97 Å². The molecule has 20 heavy (non-hydrogen) atoms. The summed E-state index contributed by atoms with van der Waals surface area (Å²) in [5.74, 6) is 0.212. The summed E-state index contributed by atoms with van der Waals surface area (Å²) in [6, 6.07) is 8.36. The number of fused-ring (bicyclic) bond motifs is 1. The predicted octanol–water partition coefficient (Wildman–Crippen LogP) is 2.20. The second kappa shape index (κ2) is 4.44. The van der Waals surface area contributed by atoms with E-state index in [1.54, 1.807) is 29.0 Å². The minimum atomic E-state index is -0.474. The molecule has 0 aliphatic rings. The molecule has 0 saturated heterocycles. The van der Waals surface area contributed by atoms with Crippen LogP contribution in [-0.2, 0) is 0 Å². The lowest BCUT2D eigenvalue weighted by Gasteiger charge is -2.07. The number of nitrogens with zero attached hydrogens (tertiary/aromatic N) is 5. The molecule has 0 atom stereocenters. The first-order valence-corrected chi connectivity index (χ1v) is 5.68. The van der Waals surface area contributed by atoms with Crippen molar-refractivity contribution in [3.05, 3.63) is 58.8 Å². The van der Waals surface area contributed by atoms with Crippen LogP contribution in [0.1, 0.15) is 5.82 Å². The molecule has 0 unspecified atom stereocenters. The zero-order chi connectivity index (χ0) is 14.1. The van der Waals surface area contributed by atoms with Crippen LogP contribution in [0.25, 0.3) is 16.6 Å². The van der Waals surface area contributed by atoms with Crippen molar-refractivity contribution in [2.24, 2.45) is 0 Å². The number of benzene rings is 1. The van der Waals surface area contributed by atoms with Gasteiger partial charge in [-0.1, -0.05) is 0 Å². The van der Waals surface area contributed by atoms with Crippen LogP contribution in [0.2, 0.25) is 0 Å². The molecule has 0 bridgehead atoms. The molecular formula is C13H7N5O2. The fourth-order valence-electron chi connectivity index (χ4n) is 2.08. The minimum Gasteiger partial charge on any atom is -0.291 e. The SMILES string of the molecule is N#Cc1nccn1-c1ccc([N+](=O)[O-])c2ncccc12. The van der Waals surface area contributed by atoms with Gasteiger partial charge in [0.2, 0.25) is 5.82 Å². The maximum Gasteiger partial charge on any atom is 0.295 e. The van der Waals surface area contributed by atoms with Gasteiger partial charge in [0, 0.05) is 30.0 Å². The molecule has 2 heterocycles. The van der Waals surface area contributed by atoms with Gasteiger partial charge in [0.15, 0.2) is 0 Å². The van der Waals surface area contributed by atoms with Crippen LogP contribution in [0.5, 0.6) is 0 Å². The van der Waals surface area contributed by atoms with E-state index in [0.29, 0.717) is 11.1 Å². The quantitative estimate of drug-likeness (QED) is 0.522. The lowest BCUT2D eigenvalue weighted by atomic mass is 10.1. The highest BCUT2D eigenvalue weighted by molar-refractivity contribution is 5.93. The van der Waals surface area contributed by atoms with Gasteiger partial charge in [0.1, 0.15) is 11.6 Å². The molecule has 0 aliphatic carbocycles. The Hall–Kier alpha value is -3.27. The summed E-state index contributed by atoms with van der Waals surface area (Å²) in [6.07, 6.45) is 4.63. The molecule has 0 spiro atoms. The standard InChI is InChI=1S/C13H7N5O2/c14-8-12-15-6-7-17(12)10-3-4-11(18(19)20)13-9(10)2-1-5-16-13/h1-7H. The molecule has 2 aromatic heterocycles. The number of nitro groups is 1. The van der Waals surface area contributed by atoms with Crippen molar-refractivity contribution in [1.29, 1.82) is 5.26 Å². The monoisotopic (exact) mass is 265 g/mol. The highest BCUT2D eigenvalue weighted by atomic mass is 16.6. The smallest absolute Gasteiger partial charge is 0.291 e. The first-order valence-electron chi connectivity index (χ1n) is 5.68. The average molecular weight is 265 g/mol. The highest BCUT2D eigenvalue weighted by Gasteiger charge is 2.17. The summed E-state index contributed by atoms with van der Waals surface area (Å²) in [5.41, 5.74) is 0.850. The molecule has 1 aromatic carbocycles. The van der Waals surface area contributed by atoms with E-state index in [9.17, 15) is 10.1 Å².